The first-order valence-electron chi connectivity index (χ1n) is 8.93. The molecular formula is C18H20N4O3S2. The summed E-state index contributed by atoms with van der Waals surface area (Å²) in [5.41, 5.74) is 0.113. The molecule has 1 saturated carbocycles. The van der Waals surface area contributed by atoms with E-state index in [1.165, 1.54) is 21.1 Å². The molecule has 0 radical (unpaired) electrons. The van der Waals surface area contributed by atoms with E-state index in [0.717, 1.165) is 23.4 Å². The molecule has 7 nitrogen and oxygen atoms in total. The van der Waals surface area contributed by atoms with Crippen molar-refractivity contribution in [1.29, 1.82) is 0 Å². The maximum absolute atomic E-state index is 12.6. The molecule has 9 heteroatoms. The van der Waals surface area contributed by atoms with Crippen molar-refractivity contribution in [3.63, 3.8) is 0 Å². The number of carbonyl (C=O) groups is 3. The zero-order chi connectivity index (χ0) is 19.0. The highest BCUT2D eigenvalue weighted by atomic mass is 32.1. The average molecular weight is 405 g/mol. The molecular weight excluding hydrogens is 384 g/mol. The summed E-state index contributed by atoms with van der Waals surface area (Å²) >= 11 is 3.01. The quantitative estimate of drug-likeness (QED) is 0.748. The van der Waals surface area contributed by atoms with Crippen molar-refractivity contribution >= 4 is 45.7 Å². The number of thiophene rings is 1. The van der Waals surface area contributed by atoms with Gasteiger partial charge in [-0.25, -0.2) is 9.78 Å². The summed E-state index contributed by atoms with van der Waals surface area (Å²) in [7, 11) is 0. The van der Waals surface area contributed by atoms with Gasteiger partial charge < -0.3 is 10.6 Å². The highest BCUT2D eigenvalue weighted by Gasteiger charge is 2.52. The van der Waals surface area contributed by atoms with Gasteiger partial charge >= 0.3 is 6.03 Å². The molecule has 0 bridgehead atoms. The number of carbonyl (C=O) groups excluding carboxylic acids is 3. The van der Waals surface area contributed by atoms with E-state index in [2.05, 4.69) is 15.6 Å². The topological polar surface area (TPSA) is 91.4 Å². The van der Waals surface area contributed by atoms with E-state index < -0.39 is 5.54 Å². The molecule has 4 amide bonds. The summed E-state index contributed by atoms with van der Waals surface area (Å²) in [5.74, 6) is -0.450. The summed E-state index contributed by atoms with van der Waals surface area (Å²) in [6.07, 6.45) is 3.31. The molecule has 0 unspecified atom stereocenters. The van der Waals surface area contributed by atoms with Gasteiger partial charge in [0.1, 0.15) is 5.54 Å². The van der Waals surface area contributed by atoms with Crippen molar-refractivity contribution < 1.29 is 14.4 Å². The zero-order valence-electron chi connectivity index (χ0n) is 14.9. The van der Waals surface area contributed by atoms with Crippen molar-refractivity contribution in [2.75, 3.05) is 11.9 Å². The van der Waals surface area contributed by atoms with Crippen LogP contribution in [0.1, 0.15) is 37.0 Å². The molecule has 3 heterocycles. The lowest BCUT2D eigenvalue weighted by Gasteiger charge is -2.19. The van der Waals surface area contributed by atoms with Crippen LogP contribution in [0.5, 0.6) is 0 Å². The zero-order valence-corrected chi connectivity index (χ0v) is 16.5. The molecule has 27 heavy (non-hydrogen) atoms. The summed E-state index contributed by atoms with van der Waals surface area (Å²) in [6.45, 7) is 2.12. The molecule has 4 rings (SSSR count). The fourth-order valence-electron chi connectivity index (χ4n) is 3.61. The van der Waals surface area contributed by atoms with Crippen LogP contribution < -0.4 is 10.6 Å². The Labute approximate surface area is 164 Å². The Bertz CT molecular complexity index is 898. The molecule has 1 spiro atoms. The van der Waals surface area contributed by atoms with Gasteiger partial charge in [0.25, 0.3) is 5.91 Å². The van der Waals surface area contributed by atoms with Gasteiger partial charge in [-0.2, -0.15) is 0 Å². The van der Waals surface area contributed by atoms with Crippen LogP contribution in [0.3, 0.4) is 0 Å². The number of amides is 4. The molecule has 1 saturated heterocycles. The predicted octanol–water partition coefficient (Wildman–Crippen LogP) is 3.37. The van der Waals surface area contributed by atoms with Gasteiger partial charge in [-0.3, -0.25) is 14.5 Å². The molecule has 2 N–H and O–H groups in total. The van der Waals surface area contributed by atoms with Crippen LogP contribution in [0.4, 0.5) is 9.93 Å². The third kappa shape index (κ3) is 3.49. The van der Waals surface area contributed by atoms with Gasteiger partial charge in [0.05, 0.1) is 10.6 Å². The van der Waals surface area contributed by atoms with Gasteiger partial charge in [0.15, 0.2) is 5.13 Å². The van der Waals surface area contributed by atoms with E-state index in [0.29, 0.717) is 18.0 Å². The Balaban J connectivity index is 1.33. The summed E-state index contributed by atoms with van der Waals surface area (Å²) in [4.78, 5) is 44.8. The third-order valence-electron chi connectivity index (χ3n) is 5.01. The Morgan fingerprint density at radius 1 is 1.33 bits per heavy atom. The first-order valence-corrected chi connectivity index (χ1v) is 10.6. The molecule has 2 aliphatic rings. The highest BCUT2D eigenvalue weighted by Crippen LogP contribution is 2.35. The molecule has 2 aromatic rings. The number of thiazole rings is 1. The molecule has 2 fully saturated rings. The lowest BCUT2D eigenvalue weighted by molar-refractivity contribution is -0.131. The van der Waals surface area contributed by atoms with Crippen molar-refractivity contribution in [2.24, 2.45) is 0 Å². The fraction of sp³-hybridized carbons (Fsp3) is 0.444. The van der Waals surface area contributed by atoms with Gasteiger partial charge in [0.2, 0.25) is 5.91 Å². The molecule has 0 aromatic carbocycles. The van der Waals surface area contributed by atoms with Crippen LogP contribution in [-0.2, 0) is 9.59 Å². The minimum absolute atomic E-state index is 0.0578. The number of rotatable bonds is 5. The van der Waals surface area contributed by atoms with Gasteiger partial charge in [-0.05, 0) is 31.9 Å². The van der Waals surface area contributed by atoms with E-state index in [-0.39, 0.29) is 30.8 Å². The Hall–Kier alpha value is -2.26. The van der Waals surface area contributed by atoms with Crippen LogP contribution in [0, 0.1) is 6.92 Å². The standard InChI is InChI=1S/C18H20N4O3S2/c1-11-4-5-13(27-11)12-10-26-16(19-12)20-14(23)6-9-22-15(24)18(21-17(22)25)7-2-3-8-18/h4-5,10H,2-3,6-9H2,1H3,(H,21,25)(H,19,20,23). The SMILES string of the molecule is Cc1ccc(-c2csc(NC(=O)CCN3C(=O)NC4(CCCC4)C3=O)n2)s1. The maximum atomic E-state index is 12.6. The normalized spacial score (nSPS) is 18.3. The van der Waals surface area contributed by atoms with Crippen molar-refractivity contribution in [2.45, 2.75) is 44.6 Å². The number of hydrogen-bond acceptors (Lipinski definition) is 6. The minimum Gasteiger partial charge on any atom is -0.323 e. The number of aromatic nitrogens is 1. The van der Waals surface area contributed by atoms with Gasteiger partial charge in [-0.15, -0.1) is 22.7 Å². The molecule has 1 aliphatic carbocycles. The van der Waals surface area contributed by atoms with E-state index >= 15 is 0 Å². The van der Waals surface area contributed by atoms with Gasteiger partial charge in [0, 0.05) is 23.2 Å². The van der Waals surface area contributed by atoms with Crippen molar-refractivity contribution in [1.82, 2.24) is 15.2 Å². The second-order valence-electron chi connectivity index (χ2n) is 6.92. The smallest absolute Gasteiger partial charge is 0.323 e. The summed E-state index contributed by atoms with van der Waals surface area (Å²) in [5, 5.41) is 8.00. The minimum atomic E-state index is -0.726. The number of imide groups is 1. The molecule has 2 aromatic heterocycles. The van der Waals surface area contributed by atoms with E-state index in [1.807, 2.05) is 24.4 Å². The first kappa shape index (κ1) is 18.1. The Morgan fingerprint density at radius 3 is 2.81 bits per heavy atom. The van der Waals surface area contributed by atoms with E-state index in [9.17, 15) is 14.4 Å². The fourth-order valence-corrected chi connectivity index (χ4v) is 5.24. The average Bonchev–Trinajstić information content (AvgIpc) is 3.38. The molecule has 1 aliphatic heterocycles. The van der Waals surface area contributed by atoms with Crippen LogP contribution >= 0.6 is 22.7 Å². The van der Waals surface area contributed by atoms with Crippen LogP contribution in [0.2, 0.25) is 0 Å². The number of anilines is 1. The Morgan fingerprint density at radius 2 is 2.11 bits per heavy atom. The van der Waals surface area contributed by atoms with Crippen LogP contribution in [0.25, 0.3) is 10.6 Å². The maximum Gasteiger partial charge on any atom is 0.325 e. The van der Waals surface area contributed by atoms with Crippen LogP contribution in [0.15, 0.2) is 17.5 Å². The lowest BCUT2D eigenvalue weighted by Crippen LogP contribution is -2.44. The number of urea groups is 1. The highest BCUT2D eigenvalue weighted by molar-refractivity contribution is 7.17. The number of hydrogen-bond donors (Lipinski definition) is 2. The summed E-state index contributed by atoms with van der Waals surface area (Å²) < 4.78 is 0. The van der Waals surface area contributed by atoms with E-state index in [4.69, 9.17) is 0 Å². The summed E-state index contributed by atoms with van der Waals surface area (Å²) in [6, 6.07) is 3.66. The Kier molecular flexibility index (Phi) is 4.73. The number of nitrogens with zero attached hydrogens (tertiary/aromatic N) is 2. The third-order valence-corrected chi connectivity index (χ3v) is 6.79. The predicted molar refractivity (Wildman–Crippen MR) is 105 cm³/mol. The number of nitrogens with one attached hydrogen (secondary N) is 2. The van der Waals surface area contributed by atoms with Crippen LogP contribution in [-0.4, -0.2) is 39.8 Å². The van der Waals surface area contributed by atoms with Crippen molar-refractivity contribution in [3.8, 4) is 10.6 Å². The first-order chi connectivity index (χ1) is 13.0. The molecule has 0 atom stereocenters. The van der Waals surface area contributed by atoms with Gasteiger partial charge in [-0.1, -0.05) is 12.8 Å². The molecule has 142 valence electrons. The largest absolute Gasteiger partial charge is 0.325 e. The second kappa shape index (κ2) is 7.05. The monoisotopic (exact) mass is 404 g/mol. The van der Waals surface area contributed by atoms with Crippen molar-refractivity contribution in [3.05, 3.63) is 22.4 Å². The number of aryl methyl sites for hydroxylation is 1. The van der Waals surface area contributed by atoms with E-state index in [1.54, 1.807) is 11.3 Å². The lowest BCUT2D eigenvalue weighted by atomic mass is 9.98. The second-order valence-corrected chi connectivity index (χ2v) is 9.07.